The van der Waals surface area contributed by atoms with Crippen LogP contribution >= 0.6 is 0 Å². The van der Waals surface area contributed by atoms with E-state index in [-0.39, 0.29) is 0 Å². The molecule has 0 unspecified atom stereocenters. The van der Waals surface area contributed by atoms with Crippen LogP contribution in [0.1, 0.15) is 29.7 Å². The van der Waals surface area contributed by atoms with Gasteiger partial charge < -0.3 is 4.74 Å². The fourth-order valence-electron chi connectivity index (χ4n) is 2.92. The minimum Gasteiger partial charge on any atom is -0.476 e. The SMILES string of the molecule is Cc1ccc(OCC2CCN(Cc3ccc(C#N)cc3)CC2)nn1. The minimum atomic E-state index is 0.574. The Morgan fingerprint density at radius 3 is 2.50 bits per heavy atom. The maximum Gasteiger partial charge on any atom is 0.233 e. The maximum atomic E-state index is 8.84. The first-order valence-corrected chi connectivity index (χ1v) is 8.37. The van der Waals surface area contributed by atoms with Crippen molar-refractivity contribution in [3.05, 3.63) is 53.2 Å². The van der Waals surface area contributed by atoms with Crippen molar-refractivity contribution in [3.8, 4) is 11.9 Å². The van der Waals surface area contributed by atoms with Crippen LogP contribution in [0.25, 0.3) is 0 Å². The second kappa shape index (κ2) is 7.89. The Labute approximate surface area is 142 Å². The van der Waals surface area contributed by atoms with Crippen LogP contribution in [0.5, 0.6) is 5.88 Å². The summed E-state index contributed by atoms with van der Waals surface area (Å²) in [6.45, 7) is 5.73. The summed E-state index contributed by atoms with van der Waals surface area (Å²) in [6.07, 6.45) is 2.27. The summed E-state index contributed by atoms with van der Waals surface area (Å²) < 4.78 is 5.76. The molecule has 0 aliphatic carbocycles. The van der Waals surface area contributed by atoms with Crippen molar-refractivity contribution in [2.24, 2.45) is 5.92 Å². The third-order valence-corrected chi connectivity index (χ3v) is 4.44. The molecule has 1 aliphatic rings. The van der Waals surface area contributed by atoms with Gasteiger partial charge in [-0.2, -0.15) is 10.4 Å². The standard InChI is InChI=1S/C19H22N4O/c1-15-2-7-19(22-21-15)24-14-18-8-10-23(11-9-18)13-17-5-3-16(12-20)4-6-17/h2-7,18H,8-11,13-14H2,1H3. The zero-order valence-electron chi connectivity index (χ0n) is 14.0. The normalized spacial score (nSPS) is 15.8. The van der Waals surface area contributed by atoms with Crippen LogP contribution in [-0.4, -0.2) is 34.8 Å². The van der Waals surface area contributed by atoms with E-state index < -0.39 is 0 Å². The van der Waals surface area contributed by atoms with Crippen LogP contribution in [0.3, 0.4) is 0 Å². The summed E-state index contributed by atoms with van der Waals surface area (Å²) >= 11 is 0. The van der Waals surface area contributed by atoms with Crippen molar-refractivity contribution in [3.63, 3.8) is 0 Å². The number of aryl methyl sites for hydroxylation is 1. The fraction of sp³-hybridized carbons (Fsp3) is 0.421. The van der Waals surface area contributed by atoms with Crippen LogP contribution < -0.4 is 4.74 Å². The zero-order chi connectivity index (χ0) is 16.8. The third kappa shape index (κ3) is 4.53. The molecule has 1 aliphatic heterocycles. The van der Waals surface area contributed by atoms with Gasteiger partial charge in [-0.05, 0) is 62.5 Å². The van der Waals surface area contributed by atoms with E-state index in [1.54, 1.807) is 0 Å². The monoisotopic (exact) mass is 322 g/mol. The van der Waals surface area contributed by atoms with Gasteiger partial charge in [-0.15, -0.1) is 5.10 Å². The van der Waals surface area contributed by atoms with E-state index in [1.165, 1.54) is 5.56 Å². The highest BCUT2D eigenvalue weighted by Gasteiger charge is 2.20. The molecule has 0 radical (unpaired) electrons. The van der Waals surface area contributed by atoms with Gasteiger partial charge in [0.15, 0.2) is 0 Å². The number of likely N-dealkylation sites (tertiary alicyclic amines) is 1. The first-order valence-electron chi connectivity index (χ1n) is 8.37. The van der Waals surface area contributed by atoms with Crippen LogP contribution in [0.2, 0.25) is 0 Å². The molecule has 2 heterocycles. The van der Waals surface area contributed by atoms with Crippen molar-refractivity contribution in [1.29, 1.82) is 5.26 Å². The lowest BCUT2D eigenvalue weighted by atomic mass is 9.97. The van der Waals surface area contributed by atoms with E-state index in [0.717, 1.165) is 38.2 Å². The fourth-order valence-corrected chi connectivity index (χ4v) is 2.92. The van der Waals surface area contributed by atoms with Gasteiger partial charge in [0.25, 0.3) is 0 Å². The number of rotatable bonds is 5. The van der Waals surface area contributed by atoms with Crippen molar-refractivity contribution in [1.82, 2.24) is 15.1 Å². The molecule has 0 spiro atoms. The Hall–Kier alpha value is -2.45. The van der Waals surface area contributed by atoms with Gasteiger partial charge >= 0.3 is 0 Å². The van der Waals surface area contributed by atoms with E-state index in [4.69, 9.17) is 10.00 Å². The van der Waals surface area contributed by atoms with E-state index in [0.29, 0.717) is 24.0 Å². The number of nitriles is 1. The number of benzene rings is 1. The Morgan fingerprint density at radius 1 is 1.12 bits per heavy atom. The Kier molecular flexibility index (Phi) is 5.39. The predicted octanol–water partition coefficient (Wildman–Crippen LogP) is 2.95. The van der Waals surface area contributed by atoms with Crippen molar-refractivity contribution in [2.45, 2.75) is 26.3 Å². The first kappa shape index (κ1) is 16.4. The Morgan fingerprint density at radius 2 is 1.88 bits per heavy atom. The minimum absolute atomic E-state index is 0.574. The van der Waals surface area contributed by atoms with Crippen LogP contribution in [-0.2, 0) is 6.54 Å². The summed E-state index contributed by atoms with van der Waals surface area (Å²) in [5, 5.41) is 16.9. The lowest BCUT2D eigenvalue weighted by Gasteiger charge is -2.31. The molecule has 0 bridgehead atoms. The van der Waals surface area contributed by atoms with Crippen molar-refractivity contribution in [2.75, 3.05) is 19.7 Å². The molecule has 24 heavy (non-hydrogen) atoms. The largest absolute Gasteiger partial charge is 0.476 e. The molecule has 1 aromatic heterocycles. The summed E-state index contributed by atoms with van der Waals surface area (Å²) in [7, 11) is 0. The number of aromatic nitrogens is 2. The molecule has 0 amide bonds. The van der Waals surface area contributed by atoms with Gasteiger partial charge in [-0.25, -0.2) is 0 Å². The number of hydrogen-bond acceptors (Lipinski definition) is 5. The van der Waals surface area contributed by atoms with Gasteiger partial charge in [0.2, 0.25) is 5.88 Å². The highest BCUT2D eigenvalue weighted by atomic mass is 16.5. The molecule has 1 saturated heterocycles. The molecular weight excluding hydrogens is 300 g/mol. The lowest BCUT2D eigenvalue weighted by Crippen LogP contribution is -2.35. The van der Waals surface area contributed by atoms with E-state index >= 15 is 0 Å². The highest BCUT2D eigenvalue weighted by Crippen LogP contribution is 2.20. The lowest BCUT2D eigenvalue weighted by molar-refractivity contribution is 0.134. The zero-order valence-corrected chi connectivity index (χ0v) is 14.0. The third-order valence-electron chi connectivity index (χ3n) is 4.44. The smallest absolute Gasteiger partial charge is 0.233 e. The molecule has 1 aromatic carbocycles. The predicted molar refractivity (Wildman–Crippen MR) is 91.4 cm³/mol. The van der Waals surface area contributed by atoms with Gasteiger partial charge in [0, 0.05) is 12.6 Å². The highest BCUT2D eigenvalue weighted by molar-refractivity contribution is 5.31. The van der Waals surface area contributed by atoms with Crippen LogP contribution in [0.4, 0.5) is 0 Å². The van der Waals surface area contributed by atoms with Crippen LogP contribution in [0.15, 0.2) is 36.4 Å². The Bertz CT molecular complexity index is 683. The topological polar surface area (TPSA) is 62.0 Å². The van der Waals surface area contributed by atoms with Gasteiger partial charge in [0.1, 0.15) is 0 Å². The van der Waals surface area contributed by atoms with E-state index in [1.807, 2.05) is 43.3 Å². The average Bonchev–Trinajstić information content (AvgIpc) is 2.63. The quantitative estimate of drug-likeness (QED) is 0.847. The van der Waals surface area contributed by atoms with E-state index in [9.17, 15) is 0 Å². The van der Waals surface area contributed by atoms with E-state index in [2.05, 4.69) is 21.2 Å². The number of nitrogens with zero attached hydrogens (tertiary/aromatic N) is 4. The molecule has 0 atom stereocenters. The average molecular weight is 322 g/mol. The molecule has 5 nitrogen and oxygen atoms in total. The molecule has 5 heteroatoms. The van der Waals surface area contributed by atoms with Crippen LogP contribution in [0, 0.1) is 24.2 Å². The number of ether oxygens (including phenoxy) is 1. The summed E-state index contributed by atoms with van der Waals surface area (Å²) in [6, 6.07) is 13.8. The molecule has 0 N–H and O–H groups in total. The molecular formula is C19H22N4O. The number of hydrogen-bond donors (Lipinski definition) is 0. The summed E-state index contributed by atoms with van der Waals surface area (Å²) in [4.78, 5) is 2.46. The van der Waals surface area contributed by atoms with Gasteiger partial charge in [0.05, 0.1) is 23.9 Å². The summed E-state index contributed by atoms with van der Waals surface area (Å²) in [5.74, 6) is 1.19. The van der Waals surface area contributed by atoms with Gasteiger partial charge in [-0.1, -0.05) is 12.1 Å². The molecule has 3 rings (SSSR count). The first-order chi connectivity index (χ1) is 11.7. The second-order valence-electron chi connectivity index (χ2n) is 6.35. The molecule has 1 fully saturated rings. The molecule has 2 aromatic rings. The number of piperidine rings is 1. The second-order valence-corrected chi connectivity index (χ2v) is 6.35. The summed E-state index contributed by atoms with van der Waals surface area (Å²) in [5.41, 5.74) is 2.88. The Balaban J connectivity index is 1.42. The maximum absolute atomic E-state index is 8.84. The molecule has 0 saturated carbocycles. The molecule has 124 valence electrons. The van der Waals surface area contributed by atoms with Crippen molar-refractivity contribution < 1.29 is 4.74 Å². The van der Waals surface area contributed by atoms with Gasteiger partial charge in [-0.3, -0.25) is 4.90 Å². The van der Waals surface area contributed by atoms with Crippen molar-refractivity contribution >= 4 is 0 Å².